The minimum absolute atomic E-state index is 0.0312. The highest BCUT2D eigenvalue weighted by atomic mass is 79.9. The minimum atomic E-state index is -4.49. The summed E-state index contributed by atoms with van der Waals surface area (Å²) in [6, 6.07) is 0.223. The van der Waals surface area contributed by atoms with Crippen LogP contribution in [-0.4, -0.2) is 21.7 Å². The summed E-state index contributed by atoms with van der Waals surface area (Å²) < 4.78 is 40.4. The number of aromatic nitrogens is 2. The number of hydrogen-bond donors (Lipinski definition) is 1. The third-order valence-electron chi connectivity index (χ3n) is 4.44. The lowest BCUT2D eigenvalue weighted by Gasteiger charge is -2.12. The van der Waals surface area contributed by atoms with Crippen molar-refractivity contribution in [3.63, 3.8) is 0 Å². The smallest absolute Gasteiger partial charge is 0.353 e. The molecule has 2 fully saturated rings. The Morgan fingerprint density at radius 2 is 1.91 bits per heavy atom. The quantitative estimate of drug-likeness (QED) is 0.821. The van der Waals surface area contributed by atoms with Gasteiger partial charge >= 0.3 is 6.18 Å². The summed E-state index contributed by atoms with van der Waals surface area (Å²) in [7, 11) is 0. The van der Waals surface area contributed by atoms with Crippen LogP contribution < -0.4 is 5.32 Å². The van der Waals surface area contributed by atoms with Gasteiger partial charge in [0.05, 0.1) is 16.7 Å². The van der Waals surface area contributed by atoms with Crippen molar-refractivity contribution >= 4 is 21.8 Å². The summed E-state index contributed by atoms with van der Waals surface area (Å²) in [5.74, 6) is 0.00435. The molecule has 128 valence electrons. The van der Waals surface area contributed by atoms with Gasteiger partial charge in [-0.1, -0.05) is 12.8 Å². The fraction of sp³-hybridized carbons (Fsp3) is 0.733. The van der Waals surface area contributed by atoms with Crippen LogP contribution in [0.4, 0.5) is 13.2 Å². The van der Waals surface area contributed by atoms with E-state index in [0.717, 1.165) is 38.5 Å². The van der Waals surface area contributed by atoms with Gasteiger partial charge in [-0.15, -0.1) is 0 Å². The van der Waals surface area contributed by atoms with E-state index < -0.39 is 11.9 Å². The summed E-state index contributed by atoms with van der Waals surface area (Å²) in [6.45, 7) is 0.180. The van der Waals surface area contributed by atoms with Crippen LogP contribution in [0.2, 0.25) is 0 Å². The third kappa shape index (κ3) is 3.89. The normalized spacial score (nSPS) is 19.3. The molecule has 1 N–H and O–H groups in total. The van der Waals surface area contributed by atoms with Gasteiger partial charge in [-0.05, 0) is 41.6 Å². The average Bonchev–Trinajstić information content (AvgIpc) is 3.04. The monoisotopic (exact) mass is 393 g/mol. The third-order valence-corrected chi connectivity index (χ3v) is 5.22. The number of rotatable bonds is 5. The first kappa shape index (κ1) is 16.8. The second kappa shape index (κ2) is 6.45. The molecule has 1 aromatic heterocycles. The summed E-state index contributed by atoms with van der Waals surface area (Å²) in [5, 5.41) is 6.66. The van der Waals surface area contributed by atoms with E-state index in [4.69, 9.17) is 0 Å². The first-order valence-electron chi connectivity index (χ1n) is 7.99. The van der Waals surface area contributed by atoms with E-state index in [0.29, 0.717) is 5.69 Å². The molecule has 0 bridgehead atoms. The van der Waals surface area contributed by atoms with Crippen LogP contribution in [0.1, 0.15) is 62.3 Å². The van der Waals surface area contributed by atoms with E-state index in [-0.39, 0.29) is 35.3 Å². The molecule has 1 aromatic rings. The molecule has 4 nitrogen and oxygen atoms in total. The molecule has 23 heavy (non-hydrogen) atoms. The Hall–Kier alpha value is -1.05. The number of nitrogens with one attached hydrogen (secondary N) is 1. The lowest BCUT2D eigenvalue weighted by molar-refractivity contribution is -0.142. The van der Waals surface area contributed by atoms with Crippen LogP contribution >= 0.6 is 15.9 Å². The zero-order valence-electron chi connectivity index (χ0n) is 12.6. The van der Waals surface area contributed by atoms with Crippen molar-refractivity contribution in [3.05, 3.63) is 15.9 Å². The number of alkyl halides is 3. The minimum Gasteiger partial charge on any atom is -0.353 e. The molecule has 0 unspecified atom stereocenters. The Morgan fingerprint density at radius 3 is 2.48 bits per heavy atom. The van der Waals surface area contributed by atoms with Gasteiger partial charge in [0.2, 0.25) is 5.91 Å². The van der Waals surface area contributed by atoms with Gasteiger partial charge in [0.25, 0.3) is 0 Å². The van der Waals surface area contributed by atoms with E-state index >= 15 is 0 Å². The Labute approximate surface area is 140 Å². The molecule has 0 saturated heterocycles. The summed E-state index contributed by atoms with van der Waals surface area (Å²) >= 11 is 3.05. The highest BCUT2D eigenvalue weighted by molar-refractivity contribution is 9.10. The second-order valence-electron chi connectivity index (χ2n) is 6.34. The number of carbonyl (C=O) groups is 1. The standard InChI is InChI=1S/C15H19BrF3N3O/c16-12-13(9-5-6-9)22(21-14(12)15(17,18)19)8-7-11(23)20-10-3-1-2-4-10/h9-10H,1-8H2,(H,20,23). The molecule has 0 atom stereocenters. The number of halogens is 4. The van der Waals surface area contributed by atoms with Crippen LogP contribution in [0.5, 0.6) is 0 Å². The molecular formula is C15H19BrF3N3O. The van der Waals surface area contributed by atoms with Crippen LogP contribution in [0.3, 0.4) is 0 Å². The first-order valence-corrected chi connectivity index (χ1v) is 8.78. The van der Waals surface area contributed by atoms with Crippen molar-refractivity contribution in [1.29, 1.82) is 0 Å². The van der Waals surface area contributed by atoms with Gasteiger partial charge in [0.1, 0.15) is 0 Å². The lowest BCUT2D eigenvalue weighted by Crippen LogP contribution is -2.33. The summed E-state index contributed by atoms with van der Waals surface area (Å²) in [5.41, 5.74) is -0.318. The highest BCUT2D eigenvalue weighted by Crippen LogP contribution is 2.47. The number of nitrogens with zero attached hydrogens (tertiary/aromatic N) is 2. The SMILES string of the molecule is O=C(CCn1nc(C(F)(F)F)c(Br)c1C1CC1)NC1CCCC1. The topological polar surface area (TPSA) is 46.9 Å². The maximum Gasteiger partial charge on any atom is 0.436 e. The fourth-order valence-electron chi connectivity index (χ4n) is 3.13. The van der Waals surface area contributed by atoms with Crippen LogP contribution in [0.15, 0.2) is 4.47 Å². The second-order valence-corrected chi connectivity index (χ2v) is 7.13. The van der Waals surface area contributed by atoms with Gasteiger partial charge in [-0.3, -0.25) is 9.48 Å². The predicted molar refractivity (Wildman–Crippen MR) is 81.9 cm³/mol. The van der Waals surface area contributed by atoms with Crippen LogP contribution in [0, 0.1) is 0 Å². The maximum absolute atomic E-state index is 13.0. The molecule has 2 saturated carbocycles. The van der Waals surface area contributed by atoms with Gasteiger partial charge < -0.3 is 5.32 Å². The van der Waals surface area contributed by atoms with E-state index in [1.165, 1.54) is 4.68 Å². The number of hydrogen-bond acceptors (Lipinski definition) is 2. The maximum atomic E-state index is 13.0. The fourth-order valence-corrected chi connectivity index (χ4v) is 3.96. The first-order chi connectivity index (χ1) is 10.9. The van der Waals surface area contributed by atoms with E-state index in [1.807, 2.05) is 0 Å². The van der Waals surface area contributed by atoms with Crippen molar-refractivity contribution in [2.75, 3.05) is 0 Å². The zero-order chi connectivity index (χ0) is 16.6. The van der Waals surface area contributed by atoms with Crippen molar-refractivity contribution in [1.82, 2.24) is 15.1 Å². The molecular weight excluding hydrogens is 375 g/mol. The van der Waals surface area contributed by atoms with E-state index in [1.54, 1.807) is 0 Å². The molecule has 0 radical (unpaired) electrons. The van der Waals surface area contributed by atoms with Crippen LogP contribution in [-0.2, 0) is 17.5 Å². The van der Waals surface area contributed by atoms with Crippen molar-refractivity contribution in [2.45, 2.75) is 69.6 Å². The Kier molecular flexibility index (Phi) is 4.71. The molecule has 1 heterocycles. The van der Waals surface area contributed by atoms with Crippen molar-refractivity contribution in [2.24, 2.45) is 0 Å². The number of amides is 1. The molecule has 2 aliphatic carbocycles. The van der Waals surface area contributed by atoms with Crippen LogP contribution in [0.25, 0.3) is 0 Å². The molecule has 8 heteroatoms. The van der Waals surface area contributed by atoms with Crippen molar-refractivity contribution in [3.8, 4) is 0 Å². The molecule has 0 spiro atoms. The summed E-state index contributed by atoms with van der Waals surface area (Å²) in [4.78, 5) is 12.0. The highest BCUT2D eigenvalue weighted by Gasteiger charge is 2.41. The number of aryl methyl sites for hydroxylation is 1. The Bertz CT molecular complexity index is 590. The van der Waals surface area contributed by atoms with Gasteiger partial charge in [-0.2, -0.15) is 18.3 Å². The lowest BCUT2D eigenvalue weighted by atomic mass is 10.2. The number of carbonyl (C=O) groups excluding carboxylic acids is 1. The van der Waals surface area contributed by atoms with Gasteiger partial charge in [0.15, 0.2) is 5.69 Å². The molecule has 0 aromatic carbocycles. The van der Waals surface area contributed by atoms with Crippen molar-refractivity contribution < 1.29 is 18.0 Å². The molecule has 2 aliphatic rings. The van der Waals surface area contributed by atoms with E-state index in [9.17, 15) is 18.0 Å². The predicted octanol–water partition coefficient (Wildman–Crippen LogP) is 3.99. The van der Waals surface area contributed by atoms with Gasteiger partial charge in [-0.25, -0.2) is 0 Å². The summed E-state index contributed by atoms with van der Waals surface area (Å²) in [6.07, 6.45) is 1.64. The van der Waals surface area contributed by atoms with Gasteiger partial charge in [0, 0.05) is 18.4 Å². The Balaban J connectivity index is 1.68. The molecule has 3 rings (SSSR count). The molecule has 0 aliphatic heterocycles. The Morgan fingerprint density at radius 1 is 1.26 bits per heavy atom. The molecule has 1 amide bonds. The largest absolute Gasteiger partial charge is 0.436 e. The van der Waals surface area contributed by atoms with E-state index in [2.05, 4.69) is 26.3 Å². The zero-order valence-corrected chi connectivity index (χ0v) is 14.2. The average molecular weight is 394 g/mol.